The summed E-state index contributed by atoms with van der Waals surface area (Å²) in [7, 11) is 1.91. The maximum atomic E-state index is 13.4. The molecule has 5 fully saturated rings. The Hall–Kier alpha value is -6.03. The first-order valence-corrected chi connectivity index (χ1v) is 21.2. The molecule has 5 saturated heterocycles. The summed E-state index contributed by atoms with van der Waals surface area (Å²) < 4.78 is 6.41. The minimum atomic E-state index is -0.361. The van der Waals surface area contributed by atoms with Gasteiger partial charge < -0.3 is 46.6 Å². The molecule has 5 aliphatic heterocycles. The molecule has 5 aliphatic rings. The average molecular weight is 820 g/mol. The highest BCUT2D eigenvalue weighted by atomic mass is 16.5. The maximum Gasteiger partial charge on any atom is 0.249 e. The summed E-state index contributed by atoms with van der Waals surface area (Å²) in [4.78, 5) is 57.7. The van der Waals surface area contributed by atoms with E-state index >= 15 is 0 Å². The first-order valence-electron chi connectivity index (χ1n) is 21.2. The zero-order chi connectivity index (χ0) is 41.9. The lowest BCUT2D eigenvalue weighted by molar-refractivity contribution is -0.135. The van der Waals surface area contributed by atoms with Crippen molar-refractivity contribution in [2.45, 2.75) is 81.5 Å². The molecule has 0 saturated carbocycles. The van der Waals surface area contributed by atoms with Crippen molar-refractivity contribution in [3.63, 3.8) is 0 Å². The van der Waals surface area contributed by atoms with E-state index in [0.717, 1.165) is 57.3 Å². The number of ether oxygens (including phenoxy) is 1. The van der Waals surface area contributed by atoms with E-state index in [0.29, 0.717) is 80.3 Å². The van der Waals surface area contributed by atoms with E-state index in [9.17, 15) is 19.5 Å². The van der Waals surface area contributed by atoms with Gasteiger partial charge >= 0.3 is 0 Å². The number of nitrogens with one attached hydrogen (secondary N) is 1. The summed E-state index contributed by atoms with van der Waals surface area (Å²) in [6.45, 7) is 4.71. The first kappa shape index (κ1) is 40.7. The van der Waals surface area contributed by atoms with Gasteiger partial charge in [0.15, 0.2) is 0 Å². The Labute approximate surface area is 351 Å². The van der Waals surface area contributed by atoms with Crippen LogP contribution in [-0.4, -0.2) is 125 Å². The van der Waals surface area contributed by atoms with Crippen LogP contribution in [0.5, 0.6) is 11.6 Å². The van der Waals surface area contributed by atoms with Crippen LogP contribution in [0.4, 0.5) is 11.6 Å². The number of piperidine rings is 3. The highest BCUT2D eigenvalue weighted by molar-refractivity contribution is 6.01. The number of nitrogens with two attached hydrogens (primary N) is 3. The number of aromatic hydroxyl groups is 1. The predicted octanol–water partition coefficient (Wildman–Crippen LogP) is 2.41. The number of benzene rings is 2. The van der Waals surface area contributed by atoms with Gasteiger partial charge in [-0.2, -0.15) is 4.98 Å². The summed E-state index contributed by atoms with van der Waals surface area (Å²) in [5, 5.41) is 12.8. The Balaban J connectivity index is 0.797. The van der Waals surface area contributed by atoms with Crippen LogP contribution in [0.25, 0.3) is 5.70 Å². The van der Waals surface area contributed by atoms with E-state index in [4.69, 9.17) is 26.9 Å². The van der Waals surface area contributed by atoms with Crippen LogP contribution in [-0.2, 0) is 14.4 Å². The quantitative estimate of drug-likeness (QED) is 0.139. The number of anilines is 2. The second kappa shape index (κ2) is 17.7. The lowest BCUT2D eigenvalue weighted by atomic mass is 9.89. The number of para-hydroxylation sites is 1. The van der Waals surface area contributed by atoms with Gasteiger partial charge in [0, 0.05) is 93.8 Å². The van der Waals surface area contributed by atoms with Crippen LogP contribution in [0.3, 0.4) is 0 Å². The van der Waals surface area contributed by atoms with E-state index in [1.54, 1.807) is 36.5 Å². The number of likely N-dealkylation sites (tertiary alicyclic amines) is 3. The van der Waals surface area contributed by atoms with Gasteiger partial charge in [0.2, 0.25) is 29.5 Å². The number of piperazine rings is 1. The highest BCUT2D eigenvalue weighted by Crippen LogP contribution is 2.36. The largest absolute Gasteiger partial charge is 0.507 e. The molecular formula is C44H57N11O5. The fourth-order valence-electron chi connectivity index (χ4n) is 9.59. The van der Waals surface area contributed by atoms with E-state index in [2.05, 4.69) is 37.1 Å². The molecule has 8 rings (SSSR count). The second-order valence-corrected chi connectivity index (χ2v) is 16.8. The molecular weight excluding hydrogens is 763 g/mol. The number of carbonyl (C=O) groups excluding carboxylic acids is 3. The SMILES string of the molecule is CN(c1cccc(C2CCN(CC(=O)N3CCC(Oc4ccnc(N5C6CCC5CN(C(/C=C(\N)c5ccccc5O)=C(N)N)C6)n4)CC3)CC2)c1)C1CCC(=O)NC1=O. The number of carbonyl (C=O) groups is 3. The third-order valence-corrected chi connectivity index (χ3v) is 12.9. The number of aromatic nitrogens is 2. The third kappa shape index (κ3) is 8.93. The van der Waals surface area contributed by atoms with Crippen molar-refractivity contribution >= 4 is 35.1 Å². The number of hydrogen-bond acceptors (Lipinski definition) is 14. The van der Waals surface area contributed by atoms with Crippen molar-refractivity contribution in [2.75, 3.05) is 62.7 Å². The standard InChI is InChI=1S/C44H57N11O5/c1-51(36-11-12-39(57)49-43(36)59)30-6-4-5-29(23-30)28-14-19-52(20-15-28)27-41(58)53-21-16-33(17-22-53)60-40-13-18-48-44(50-40)55-31-9-10-32(55)26-54(25-31)37(42(46)47)24-35(45)34-7-2-3-8-38(34)56/h2-8,13,18,23-24,28,31-33,36,56H,9-12,14-17,19-22,25-27,45-47H2,1H3,(H,49,57,59)/b35-24-. The summed E-state index contributed by atoms with van der Waals surface area (Å²) in [6.07, 6.45) is 9.62. The van der Waals surface area contributed by atoms with E-state index in [1.165, 1.54) is 5.56 Å². The Morgan fingerprint density at radius 3 is 2.35 bits per heavy atom. The van der Waals surface area contributed by atoms with Crippen LogP contribution in [0.2, 0.25) is 0 Å². The molecule has 0 radical (unpaired) electrons. The number of fused-ring (bicyclic) bond motifs is 2. The summed E-state index contributed by atoms with van der Waals surface area (Å²) >= 11 is 0. The van der Waals surface area contributed by atoms with Gasteiger partial charge in [-0.3, -0.25) is 24.6 Å². The molecule has 2 bridgehead atoms. The summed E-state index contributed by atoms with van der Waals surface area (Å²) in [6, 6.07) is 17.0. The average Bonchev–Trinajstić information content (AvgIpc) is 3.52. The molecule has 0 spiro atoms. The van der Waals surface area contributed by atoms with Crippen molar-refractivity contribution in [1.82, 2.24) is 30.0 Å². The maximum absolute atomic E-state index is 13.4. The van der Waals surface area contributed by atoms with Crippen LogP contribution in [0.15, 0.2) is 78.4 Å². The molecule has 3 atom stereocenters. The fourth-order valence-corrected chi connectivity index (χ4v) is 9.59. The normalized spacial score (nSPS) is 23.1. The Morgan fingerprint density at radius 2 is 1.65 bits per heavy atom. The van der Waals surface area contributed by atoms with Gasteiger partial charge in [0.05, 0.1) is 12.2 Å². The van der Waals surface area contributed by atoms with Crippen LogP contribution >= 0.6 is 0 Å². The molecule has 3 amide bonds. The molecule has 318 valence electrons. The van der Waals surface area contributed by atoms with E-state index in [-0.39, 0.29) is 53.5 Å². The predicted molar refractivity (Wildman–Crippen MR) is 228 cm³/mol. The topological polar surface area (TPSA) is 213 Å². The highest BCUT2D eigenvalue weighted by Gasteiger charge is 2.42. The van der Waals surface area contributed by atoms with Gasteiger partial charge in [0.25, 0.3) is 0 Å². The number of phenols is 1. The molecule has 16 nitrogen and oxygen atoms in total. The number of amides is 3. The number of phenolic OH excluding ortho intramolecular Hbond substituents is 1. The molecule has 6 heterocycles. The Kier molecular flexibility index (Phi) is 12.0. The molecule has 3 unspecified atom stereocenters. The minimum Gasteiger partial charge on any atom is -0.507 e. The molecule has 1 aromatic heterocycles. The molecule has 16 heteroatoms. The van der Waals surface area contributed by atoms with Crippen molar-refractivity contribution in [3.05, 3.63) is 89.5 Å². The van der Waals surface area contributed by atoms with Crippen LogP contribution in [0, 0.1) is 0 Å². The number of allylic oxidation sites excluding steroid dienone is 1. The van der Waals surface area contributed by atoms with E-state index in [1.807, 2.05) is 35.0 Å². The summed E-state index contributed by atoms with van der Waals surface area (Å²) in [5.74, 6) is 1.51. The number of likely N-dealkylation sites (N-methyl/N-ethyl adjacent to an activating group) is 1. The monoisotopic (exact) mass is 819 g/mol. The van der Waals surface area contributed by atoms with Crippen molar-refractivity contribution in [3.8, 4) is 11.6 Å². The summed E-state index contributed by atoms with van der Waals surface area (Å²) in [5.41, 5.74) is 22.5. The third-order valence-electron chi connectivity index (χ3n) is 12.9. The van der Waals surface area contributed by atoms with Crippen LogP contribution in [0.1, 0.15) is 68.4 Å². The number of hydrogen-bond donors (Lipinski definition) is 5. The van der Waals surface area contributed by atoms with Crippen molar-refractivity contribution < 1.29 is 24.2 Å². The van der Waals surface area contributed by atoms with Crippen LogP contribution < -0.4 is 37.1 Å². The van der Waals surface area contributed by atoms with Gasteiger partial charge in [-0.05, 0) is 87.0 Å². The molecule has 3 aromatic rings. The van der Waals surface area contributed by atoms with Crippen molar-refractivity contribution in [2.24, 2.45) is 17.2 Å². The van der Waals surface area contributed by atoms with Gasteiger partial charge in [-0.15, -0.1) is 0 Å². The molecule has 2 aromatic carbocycles. The van der Waals surface area contributed by atoms with Gasteiger partial charge in [0.1, 0.15) is 23.7 Å². The lowest BCUT2D eigenvalue weighted by Crippen LogP contribution is -2.54. The Morgan fingerprint density at radius 1 is 0.917 bits per heavy atom. The van der Waals surface area contributed by atoms with E-state index < -0.39 is 0 Å². The molecule has 60 heavy (non-hydrogen) atoms. The smallest absolute Gasteiger partial charge is 0.249 e. The Bertz CT molecular complexity index is 2110. The second-order valence-electron chi connectivity index (χ2n) is 16.8. The number of rotatable bonds is 11. The molecule has 8 N–H and O–H groups in total. The zero-order valence-electron chi connectivity index (χ0n) is 34.3. The fraction of sp³-hybridized carbons (Fsp3) is 0.477. The van der Waals surface area contributed by atoms with Gasteiger partial charge in [-0.1, -0.05) is 24.3 Å². The first-order chi connectivity index (χ1) is 29.0. The minimum absolute atomic E-state index is 0.0487. The molecule has 0 aliphatic carbocycles. The number of imide groups is 1. The van der Waals surface area contributed by atoms with Gasteiger partial charge in [-0.25, -0.2) is 4.98 Å². The lowest BCUT2D eigenvalue weighted by Gasteiger charge is -2.42. The zero-order valence-corrected chi connectivity index (χ0v) is 34.3. The number of nitrogens with zero attached hydrogens (tertiary/aromatic N) is 7. The van der Waals surface area contributed by atoms with Crippen molar-refractivity contribution in [1.29, 1.82) is 0 Å².